The number of amides is 3. The fourth-order valence-electron chi connectivity index (χ4n) is 3.42. The van der Waals surface area contributed by atoms with E-state index in [0.29, 0.717) is 18.8 Å². The second-order valence-corrected chi connectivity index (χ2v) is 6.80. The van der Waals surface area contributed by atoms with Gasteiger partial charge in [-0.1, -0.05) is 18.2 Å². The van der Waals surface area contributed by atoms with Gasteiger partial charge in [0, 0.05) is 36.7 Å². The fourth-order valence-corrected chi connectivity index (χ4v) is 3.42. The van der Waals surface area contributed by atoms with Crippen molar-refractivity contribution in [1.29, 1.82) is 0 Å². The van der Waals surface area contributed by atoms with Gasteiger partial charge in [0.15, 0.2) is 0 Å². The Labute approximate surface area is 174 Å². The van der Waals surface area contributed by atoms with E-state index in [9.17, 15) is 14.0 Å². The first kappa shape index (κ1) is 21.3. The molecule has 0 saturated heterocycles. The molecule has 158 valence electrons. The van der Waals surface area contributed by atoms with Crippen LogP contribution < -0.4 is 16.2 Å². The van der Waals surface area contributed by atoms with Gasteiger partial charge in [0.2, 0.25) is 0 Å². The van der Waals surface area contributed by atoms with E-state index in [1.54, 1.807) is 22.8 Å². The minimum Gasteiger partial charge on any atom is -0.325 e. The van der Waals surface area contributed by atoms with Crippen LogP contribution in [0, 0.1) is 5.82 Å². The summed E-state index contributed by atoms with van der Waals surface area (Å²) in [5, 5.41) is 5.16. The lowest BCUT2D eigenvalue weighted by Gasteiger charge is -2.30. The number of para-hydroxylation sites is 1. The number of carbonyl (C=O) groups is 2. The summed E-state index contributed by atoms with van der Waals surface area (Å²) in [6.07, 6.45) is 1.72. The normalized spacial score (nSPS) is 10.8. The van der Waals surface area contributed by atoms with E-state index < -0.39 is 11.7 Å². The summed E-state index contributed by atoms with van der Waals surface area (Å²) in [4.78, 5) is 28.2. The Hall–Kier alpha value is -3.46. The second kappa shape index (κ2) is 8.91. The van der Waals surface area contributed by atoms with Crippen molar-refractivity contribution in [1.82, 2.24) is 20.1 Å². The largest absolute Gasteiger partial charge is 0.325 e. The van der Waals surface area contributed by atoms with Gasteiger partial charge in [-0.15, -0.1) is 0 Å². The maximum Gasteiger partial charge on any atom is 0.324 e. The summed E-state index contributed by atoms with van der Waals surface area (Å²) >= 11 is 0. The van der Waals surface area contributed by atoms with Gasteiger partial charge in [-0.25, -0.2) is 15.0 Å². The van der Waals surface area contributed by atoms with Gasteiger partial charge in [-0.05, 0) is 32.0 Å². The summed E-state index contributed by atoms with van der Waals surface area (Å²) < 4.78 is 16.5. The van der Waals surface area contributed by atoms with Crippen molar-refractivity contribution in [2.45, 2.75) is 20.4 Å². The molecule has 30 heavy (non-hydrogen) atoms. The smallest absolute Gasteiger partial charge is 0.324 e. The number of urea groups is 1. The molecular weight excluding hydrogens is 387 g/mol. The van der Waals surface area contributed by atoms with Crippen molar-refractivity contribution >= 4 is 28.5 Å². The van der Waals surface area contributed by atoms with Crippen molar-refractivity contribution in [2.24, 2.45) is 12.9 Å². The van der Waals surface area contributed by atoms with E-state index in [1.165, 1.54) is 17.0 Å². The Bertz CT molecular complexity index is 1080. The van der Waals surface area contributed by atoms with E-state index in [4.69, 9.17) is 5.84 Å². The lowest BCUT2D eigenvalue weighted by Crippen LogP contribution is -2.43. The van der Waals surface area contributed by atoms with Crippen LogP contribution in [0.1, 0.15) is 29.8 Å². The van der Waals surface area contributed by atoms with Crippen LogP contribution in [0.4, 0.5) is 14.9 Å². The number of carbonyl (C=O) groups excluding carboxylic acids is 2. The maximum atomic E-state index is 14.8. The molecule has 8 nitrogen and oxygen atoms in total. The van der Waals surface area contributed by atoms with Crippen molar-refractivity contribution in [3.05, 3.63) is 59.5 Å². The van der Waals surface area contributed by atoms with E-state index in [2.05, 4.69) is 5.10 Å². The molecule has 3 rings (SSSR count). The number of aromatic nitrogens is 2. The van der Waals surface area contributed by atoms with Crippen LogP contribution in [-0.2, 0) is 13.6 Å². The van der Waals surface area contributed by atoms with Crippen LogP contribution >= 0.6 is 0 Å². The van der Waals surface area contributed by atoms with Gasteiger partial charge >= 0.3 is 6.03 Å². The Morgan fingerprint density at radius 3 is 2.57 bits per heavy atom. The van der Waals surface area contributed by atoms with Gasteiger partial charge in [0.1, 0.15) is 5.82 Å². The number of nitrogen functional groups attached to an aromatic ring is 1. The fraction of sp³-hybridized carbons (Fsp3) is 0.286. The molecule has 3 aromatic rings. The molecule has 1 heterocycles. The molecule has 0 fully saturated rings. The lowest BCUT2D eigenvalue weighted by molar-refractivity contribution is 0.0953. The number of nitrogens with one attached hydrogen (secondary N) is 1. The standard InChI is InChI=1S/C21H25FN6O2/c1-4-27(5-2)21(30)28(18-8-6-7-15-12-24-26(3)19(15)18)13-16-10-9-14(11-17(16)22)20(29)25-23/h6-12H,4-5,13,23H2,1-3H3,(H,25,29). The highest BCUT2D eigenvalue weighted by atomic mass is 19.1. The number of hydrogen-bond acceptors (Lipinski definition) is 4. The molecular formula is C21H25FN6O2. The maximum absolute atomic E-state index is 14.8. The highest BCUT2D eigenvalue weighted by molar-refractivity contribution is 6.01. The summed E-state index contributed by atoms with van der Waals surface area (Å²) in [6.45, 7) is 4.82. The molecule has 0 radical (unpaired) electrons. The zero-order valence-corrected chi connectivity index (χ0v) is 17.2. The number of hydrazine groups is 1. The first-order valence-corrected chi connectivity index (χ1v) is 9.67. The lowest BCUT2D eigenvalue weighted by atomic mass is 10.1. The summed E-state index contributed by atoms with van der Waals surface area (Å²) in [5.41, 5.74) is 3.77. The number of anilines is 1. The van der Waals surface area contributed by atoms with Gasteiger partial charge in [-0.3, -0.25) is 19.8 Å². The number of rotatable bonds is 6. The molecule has 3 N–H and O–H groups in total. The number of aryl methyl sites for hydroxylation is 1. The van der Waals surface area contributed by atoms with Crippen LogP contribution in [0.5, 0.6) is 0 Å². The third-order valence-corrected chi connectivity index (χ3v) is 5.07. The topological polar surface area (TPSA) is 96.5 Å². The van der Waals surface area contributed by atoms with Gasteiger partial charge in [-0.2, -0.15) is 5.10 Å². The quantitative estimate of drug-likeness (QED) is 0.370. The van der Waals surface area contributed by atoms with Gasteiger partial charge in [0.05, 0.1) is 23.9 Å². The summed E-state index contributed by atoms with van der Waals surface area (Å²) in [6, 6.07) is 9.41. The Balaban J connectivity index is 2.08. The molecule has 0 bridgehead atoms. The van der Waals surface area contributed by atoms with E-state index in [-0.39, 0.29) is 23.7 Å². The number of hydrogen-bond donors (Lipinski definition) is 2. The zero-order valence-electron chi connectivity index (χ0n) is 17.2. The summed E-state index contributed by atoms with van der Waals surface area (Å²) in [5.74, 6) is 3.94. The van der Waals surface area contributed by atoms with Crippen molar-refractivity contribution < 1.29 is 14.0 Å². The molecule has 0 atom stereocenters. The van der Waals surface area contributed by atoms with Crippen molar-refractivity contribution in [2.75, 3.05) is 18.0 Å². The molecule has 3 amide bonds. The number of nitrogens with two attached hydrogens (primary N) is 1. The minimum atomic E-state index is -0.592. The SMILES string of the molecule is CCN(CC)C(=O)N(Cc1ccc(C(=O)NN)cc1F)c1cccc2cnn(C)c12. The molecule has 0 spiro atoms. The van der Waals surface area contributed by atoms with Crippen molar-refractivity contribution in [3.63, 3.8) is 0 Å². The number of halogens is 1. The minimum absolute atomic E-state index is 0.00398. The second-order valence-electron chi connectivity index (χ2n) is 6.80. The molecule has 0 aliphatic carbocycles. The predicted molar refractivity (Wildman–Crippen MR) is 113 cm³/mol. The molecule has 1 aromatic heterocycles. The average molecular weight is 412 g/mol. The van der Waals surface area contributed by atoms with Gasteiger partial charge < -0.3 is 4.90 Å². The zero-order chi connectivity index (χ0) is 21.8. The highest BCUT2D eigenvalue weighted by Crippen LogP contribution is 2.29. The first-order chi connectivity index (χ1) is 14.4. The van der Waals surface area contributed by atoms with E-state index in [0.717, 1.165) is 17.0 Å². The first-order valence-electron chi connectivity index (χ1n) is 9.67. The van der Waals surface area contributed by atoms with Crippen LogP contribution in [0.15, 0.2) is 42.6 Å². The van der Waals surface area contributed by atoms with Crippen LogP contribution in [0.3, 0.4) is 0 Å². The number of nitrogens with zero attached hydrogens (tertiary/aromatic N) is 4. The Morgan fingerprint density at radius 2 is 1.93 bits per heavy atom. The van der Waals surface area contributed by atoms with Crippen LogP contribution in [0.25, 0.3) is 10.9 Å². The number of fused-ring (bicyclic) bond motifs is 1. The third-order valence-electron chi connectivity index (χ3n) is 5.07. The molecule has 0 saturated carbocycles. The highest BCUT2D eigenvalue weighted by Gasteiger charge is 2.25. The van der Waals surface area contributed by atoms with E-state index in [1.807, 2.05) is 37.5 Å². The molecule has 2 aromatic carbocycles. The average Bonchev–Trinajstić information content (AvgIpc) is 3.14. The van der Waals surface area contributed by atoms with Crippen LogP contribution in [0.2, 0.25) is 0 Å². The molecule has 0 aliphatic heterocycles. The summed E-state index contributed by atoms with van der Waals surface area (Å²) in [7, 11) is 1.80. The molecule has 0 unspecified atom stereocenters. The predicted octanol–water partition coefficient (Wildman–Crippen LogP) is 2.78. The van der Waals surface area contributed by atoms with Gasteiger partial charge in [0.25, 0.3) is 5.91 Å². The Morgan fingerprint density at radius 1 is 1.20 bits per heavy atom. The Kier molecular flexibility index (Phi) is 6.31. The molecule has 9 heteroatoms. The third kappa shape index (κ3) is 3.97. The number of benzene rings is 2. The van der Waals surface area contributed by atoms with Crippen molar-refractivity contribution in [3.8, 4) is 0 Å². The van der Waals surface area contributed by atoms with E-state index >= 15 is 0 Å². The molecule has 0 aliphatic rings. The monoisotopic (exact) mass is 412 g/mol. The van der Waals surface area contributed by atoms with Crippen LogP contribution in [-0.4, -0.2) is 39.7 Å².